The number of phenolic OH excluding ortho intramolecular Hbond substituents is 1. The lowest BCUT2D eigenvalue weighted by Gasteiger charge is -2.12. The molecule has 1 aromatic heterocycles. The van der Waals surface area contributed by atoms with E-state index in [9.17, 15) is 27.9 Å². The molecule has 3 aromatic carbocycles. The molecule has 4 aromatic rings. The van der Waals surface area contributed by atoms with E-state index in [1.165, 1.54) is 26.4 Å². The summed E-state index contributed by atoms with van der Waals surface area (Å²) in [4.78, 5) is 25.0. The molecule has 1 heterocycles. The molecule has 35 heavy (non-hydrogen) atoms. The molecule has 0 unspecified atom stereocenters. The summed E-state index contributed by atoms with van der Waals surface area (Å²) in [6, 6.07) is 12.8. The molecule has 1 amide bonds. The van der Waals surface area contributed by atoms with Gasteiger partial charge in [0.1, 0.15) is 16.7 Å². The molecule has 0 saturated carbocycles. The van der Waals surface area contributed by atoms with Gasteiger partial charge in [0.2, 0.25) is 5.75 Å². The third-order valence-corrected chi connectivity index (χ3v) is 5.24. The van der Waals surface area contributed by atoms with Gasteiger partial charge in [-0.05, 0) is 48.5 Å². The van der Waals surface area contributed by atoms with Gasteiger partial charge in [-0.25, -0.2) is 0 Å². The van der Waals surface area contributed by atoms with Gasteiger partial charge >= 0.3 is 6.18 Å². The van der Waals surface area contributed by atoms with Crippen LogP contribution in [0.3, 0.4) is 0 Å². The van der Waals surface area contributed by atoms with Crippen LogP contribution in [0, 0.1) is 0 Å². The summed E-state index contributed by atoms with van der Waals surface area (Å²) in [7, 11) is 2.71. The zero-order chi connectivity index (χ0) is 25.3. The minimum Gasteiger partial charge on any atom is -0.504 e. The van der Waals surface area contributed by atoms with Crippen LogP contribution in [0.5, 0.6) is 17.2 Å². The fourth-order valence-electron chi connectivity index (χ4n) is 3.48. The average molecular weight is 485 g/mol. The van der Waals surface area contributed by atoms with Crippen molar-refractivity contribution in [2.24, 2.45) is 0 Å². The fourth-order valence-corrected chi connectivity index (χ4v) is 3.48. The first kappa shape index (κ1) is 23.7. The van der Waals surface area contributed by atoms with E-state index < -0.39 is 28.8 Å². The first-order valence-electron chi connectivity index (χ1n) is 10.1. The van der Waals surface area contributed by atoms with Crippen molar-refractivity contribution in [2.75, 3.05) is 19.5 Å². The maximum Gasteiger partial charge on any atom is 0.416 e. The monoisotopic (exact) mass is 485 g/mol. The van der Waals surface area contributed by atoms with Gasteiger partial charge in [-0.3, -0.25) is 9.59 Å². The molecular formula is C25H18F3NO6. The van der Waals surface area contributed by atoms with Crippen molar-refractivity contribution in [3.63, 3.8) is 0 Å². The largest absolute Gasteiger partial charge is 0.504 e. The second-order valence-electron chi connectivity index (χ2n) is 7.42. The van der Waals surface area contributed by atoms with Gasteiger partial charge < -0.3 is 24.3 Å². The van der Waals surface area contributed by atoms with Gasteiger partial charge in [0, 0.05) is 28.9 Å². The molecule has 4 rings (SSSR count). The Morgan fingerprint density at radius 3 is 2.20 bits per heavy atom. The van der Waals surface area contributed by atoms with Crippen molar-refractivity contribution in [3.8, 4) is 28.6 Å². The SMILES string of the molecule is COc1cc2oc(-c3ccc(NC(=O)c4ccc(C(F)(F)F)cc4)cc3)cc(=O)c2c(O)c1OC. The van der Waals surface area contributed by atoms with E-state index in [-0.39, 0.29) is 33.8 Å². The number of methoxy groups -OCH3 is 2. The zero-order valence-electron chi connectivity index (χ0n) is 18.4. The molecule has 0 radical (unpaired) electrons. The number of fused-ring (bicyclic) bond motifs is 1. The van der Waals surface area contributed by atoms with Crippen molar-refractivity contribution < 1.29 is 37.0 Å². The van der Waals surface area contributed by atoms with Crippen molar-refractivity contribution in [1.29, 1.82) is 0 Å². The summed E-state index contributed by atoms with van der Waals surface area (Å²) in [6.07, 6.45) is -4.49. The number of hydrogen-bond acceptors (Lipinski definition) is 6. The zero-order valence-corrected chi connectivity index (χ0v) is 18.4. The first-order valence-corrected chi connectivity index (χ1v) is 10.1. The Hall–Kier alpha value is -4.47. The molecule has 7 nitrogen and oxygen atoms in total. The number of nitrogens with one attached hydrogen (secondary N) is 1. The highest BCUT2D eigenvalue weighted by Crippen LogP contribution is 2.42. The summed E-state index contributed by atoms with van der Waals surface area (Å²) in [5.41, 5.74) is -0.315. The normalized spacial score (nSPS) is 11.3. The Morgan fingerprint density at radius 2 is 1.63 bits per heavy atom. The number of ether oxygens (including phenoxy) is 2. The molecule has 0 aliphatic heterocycles. The third-order valence-electron chi connectivity index (χ3n) is 5.24. The number of halogens is 3. The molecular weight excluding hydrogens is 467 g/mol. The summed E-state index contributed by atoms with van der Waals surface area (Å²) >= 11 is 0. The van der Waals surface area contributed by atoms with E-state index in [0.717, 1.165) is 24.3 Å². The molecule has 0 saturated heterocycles. The number of alkyl halides is 3. The minimum atomic E-state index is -4.49. The number of anilines is 1. The number of rotatable bonds is 5. The Balaban J connectivity index is 1.59. The lowest BCUT2D eigenvalue weighted by Crippen LogP contribution is -2.12. The Bertz CT molecular complexity index is 1460. The van der Waals surface area contributed by atoms with Crippen LogP contribution in [0.25, 0.3) is 22.3 Å². The van der Waals surface area contributed by atoms with Crippen LogP contribution in [0.15, 0.2) is 69.9 Å². The number of hydrogen-bond donors (Lipinski definition) is 2. The standard InChI is InChI=1S/C25H18F3NO6/c1-33-20-12-19-21(22(31)23(20)34-2)17(30)11-18(35-19)13-5-9-16(10-6-13)29-24(32)14-3-7-15(8-4-14)25(26,27)28/h3-12,31H,1-2H3,(H,29,32). The second kappa shape index (κ2) is 9.05. The summed E-state index contributed by atoms with van der Waals surface area (Å²) < 4.78 is 54.2. The quantitative estimate of drug-likeness (QED) is 0.390. The van der Waals surface area contributed by atoms with Gasteiger partial charge in [-0.15, -0.1) is 0 Å². The number of benzene rings is 3. The number of carbonyl (C=O) groups excluding carboxylic acids is 1. The number of amides is 1. The Morgan fingerprint density at radius 1 is 0.971 bits per heavy atom. The summed E-state index contributed by atoms with van der Waals surface area (Å²) in [6.45, 7) is 0. The molecule has 10 heteroatoms. The van der Waals surface area contributed by atoms with E-state index in [0.29, 0.717) is 11.3 Å². The van der Waals surface area contributed by atoms with E-state index >= 15 is 0 Å². The van der Waals surface area contributed by atoms with Gasteiger partial charge in [0.25, 0.3) is 5.91 Å². The molecule has 180 valence electrons. The minimum absolute atomic E-state index is 0.00758. The Labute approximate surface area is 196 Å². The van der Waals surface area contributed by atoms with Gasteiger partial charge in [0.05, 0.1) is 19.8 Å². The number of phenols is 1. The third kappa shape index (κ3) is 4.63. The highest BCUT2D eigenvalue weighted by molar-refractivity contribution is 6.04. The summed E-state index contributed by atoms with van der Waals surface area (Å²) in [5, 5.41) is 12.9. The average Bonchev–Trinajstić information content (AvgIpc) is 2.83. The van der Waals surface area contributed by atoms with E-state index in [2.05, 4.69) is 5.32 Å². The number of carbonyl (C=O) groups is 1. The highest BCUT2D eigenvalue weighted by atomic mass is 19.4. The van der Waals surface area contributed by atoms with Gasteiger partial charge in [-0.1, -0.05) is 0 Å². The van der Waals surface area contributed by atoms with E-state index in [1.54, 1.807) is 24.3 Å². The maximum atomic E-state index is 12.7. The van der Waals surface area contributed by atoms with Crippen molar-refractivity contribution in [3.05, 3.63) is 82.0 Å². The van der Waals surface area contributed by atoms with Crippen molar-refractivity contribution in [1.82, 2.24) is 0 Å². The van der Waals surface area contributed by atoms with Crippen molar-refractivity contribution >= 4 is 22.6 Å². The number of aromatic hydroxyl groups is 1. The molecule has 0 spiro atoms. The first-order chi connectivity index (χ1) is 16.6. The van der Waals surface area contributed by atoms with E-state index in [1.807, 2.05) is 0 Å². The van der Waals surface area contributed by atoms with E-state index in [4.69, 9.17) is 13.9 Å². The van der Waals surface area contributed by atoms with Crippen LogP contribution in [0.2, 0.25) is 0 Å². The lowest BCUT2D eigenvalue weighted by molar-refractivity contribution is -0.137. The van der Waals surface area contributed by atoms with Gasteiger partial charge in [0.15, 0.2) is 16.9 Å². The molecule has 0 aliphatic carbocycles. The topological polar surface area (TPSA) is 98.0 Å². The van der Waals surface area contributed by atoms with Crippen LogP contribution in [0.1, 0.15) is 15.9 Å². The van der Waals surface area contributed by atoms with Crippen LogP contribution >= 0.6 is 0 Å². The van der Waals surface area contributed by atoms with Crippen LogP contribution in [-0.2, 0) is 6.18 Å². The predicted octanol–water partition coefficient (Wildman–Crippen LogP) is 5.45. The van der Waals surface area contributed by atoms with Crippen LogP contribution < -0.4 is 20.2 Å². The summed E-state index contributed by atoms with van der Waals surface area (Å²) in [5.74, 6) is -0.592. The smallest absolute Gasteiger partial charge is 0.416 e. The predicted molar refractivity (Wildman–Crippen MR) is 122 cm³/mol. The lowest BCUT2D eigenvalue weighted by atomic mass is 10.1. The highest BCUT2D eigenvalue weighted by Gasteiger charge is 2.30. The molecule has 2 N–H and O–H groups in total. The van der Waals surface area contributed by atoms with Gasteiger partial charge in [-0.2, -0.15) is 13.2 Å². The maximum absolute atomic E-state index is 12.7. The molecule has 0 bridgehead atoms. The van der Waals surface area contributed by atoms with Crippen molar-refractivity contribution in [2.45, 2.75) is 6.18 Å². The Kier molecular flexibility index (Phi) is 6.12. The fraction of sp³-hybridized carbons (Fsp3) is 0.120. The molecule has 0 aliphatic rings. The molecule has 0 fully saturated rings. The van der Waals surface area contributed by atoms with Crippen LogP contribution in [-0.4, -0.2) is 25.2 Å². The molecule has 0 atom stereocenters. The van der Waals surface area contributed by atoms with Crippen LogP contribution in [0.4, 0.5) is 18.9 Å². The second-order valence-corrected chi connectivity index (χ2v) is 7.42.